The Labute approximate surface area is 153 Å². The molecule has 4 rings (SSSR count). The minimum absolute atomic E-state index is 0.101. The number of anilines is 1. The van der Waals surface area contributed by atoms with Crippen molar-refractivity contribution in [1.29, 1.82) is 5.26 Å². The van der Waals surface area contributed by atoms with Gasteiger partial charge in [-0.25, -0.2) is 4.98 Å². The maximum Gasteiger partial charge on any atom is 0.251 e. The van der Waals surface area contributed by atoms with Crippen molar-refractivity contribution >= 4 is 22.6 Å². The van der Waals surface area contributed by atoms with E-state index >= 15 is 0 Å². The highest BCUT2D eigenvalue weighted by Crippen LogP contribution is 2.25. The van der Waals surface area contributed by atoms with Gasteiger partial charge in [0.1, 0.15) is 18.0 Å². The molecule has 1 aromatic heterocycles. The Kier molecular flexibility index (Phi) is 4.48. The number of hydrogen-bond acceptors (Lipinski definition) is 5. The molecular weight excluding hydrogens is 328 g/mol. The fourth-order valence-electron chi connectivity index (χ4n) is 3.72. The molecule has 2 saturated heterocycles. The Bertz CT molecular complexity index is 875. The van der Waals surface area contributed by atoms with Crippen LogP contribution in [0.25, 0.3) is 10.9 Å². The summed E-state index contributed by atoms with van der Waals surface area (Å²) in [4.78, 5) is 21.2. The number of rotatable bonds is 2. The molecule has 3 heterocycles. The first kappa shape index (κ1) is 16.8. The van der Waals surface area contributed by atoms with E-state index in [0.29, 0.717) is 44.2 Å². The van der Waals surface area contributed by atoms with E-state index in [1.165, 1.54) is 0 Å². The molecule has 6 heteroatoms. The number of carbonyl (C=O) groups is 1. The molecule has 0 N–H and O–H groups in total. The number of nitrogens with zero attached hydrogens (tertiary/aromatic N) is 4. The van der Waals surface area contributed by atoms with E-state index in [9.17, 15) is 10.1 Å². The molecule has 0 saturated carbocycles. The zero-order valence-corrected chi connectivity index (χ0v) is 14.9. The third-order valence-electron chi connectivity index (χ3n) is 5.17. The smallest absolute Gasteiger partial charge is 0.251 e. The number of hydrogen-bond donors (Lipinski definition) is 0. The SMILES string of the molecule is Cc1ccc2nc(N3CCN(C(=O)C4CCCO4)CC3)c(C#N)cc2c1. The number of nitriles is 1. The molecular formula is C20H22N4O2. The van der Waals surface area contributed by atoms with Crippen molar-refractivity contribution in [2.24, 2.45) is 0 Å². The Morgan fingerprint density at radius 2 is 2.08 bits per heavy atom. The summed E-state index contributed by atoms with van der Waals surface area (Å²) >= 11 is 0. The van der Waals surface area contributed by atoms with E-state index in [0.717, 1.165) is 29.3 Å². The van der Waals surface area contributed by atoms with Gasteiger partial charge in [-0.2, -0.15) is 5.26 Å². The fourth-order valence-corrected chi connectivity index (χ4v) is 3.72. The first-order valence-corrected chi connectivity index (χ1v) is 9.12. The Morgan fingerprint density at radius 1 is 1.27 bits per heavy atom. The zero-order valence-electron chi connectivity index (χ0n) is 14.9. The molecule has 6 nitrogen and oxygen atoms in total. The van der Waals surface area contributed by atoms with Crippen LogP contribution >= 0.6 is 0 Å². The van der Waals surface area contributed by atoms with Gasteiger partial charge in [-0.15, -0.1) is 0 Å². The van der Waals surface area contributed by atoms with Crippen LogP contribution in [-0.4, -0.2) is 54.7 Å². The molecule has 26 heavy (non-hydrogen) atoms. The molecule has 0 spiro atoms. The average Bonchev–Trinajstić information content (AvgIpc) is 3.21. The van der Waals surface area contributed by atoms with Crippen molar-refractivity contribution < 1.29 is 9.53 Å². The summed E-state index contributed by atoms with van der Waals surface area (Å²) in [5.41, 5.74) is 2.63. The van der Waals surface area contributed by atoms with Gasteiger partial charge in [-0.3, -0.25) is 4.79 Å². The van der Waals surface area contributed by atoms with Crippen molar-refractivity contribution in [3.05, 3.63) is 35.4 Å². The molecule has 1 aromatic carbocycles. The minimum Gasteiger partial charge on any atom is -0.368 e. The highest BCUT2D eigenvalue weighted by Gasteiger charge is 2.31. The van der Waals surface area contributed by atoms with Gasteiger partial charge in [0, 0.05) is 38.2 Å². The van der Waals surface area contributed by atoms with Crippen LogP contribution in [-0.2, 0) is 9.53 Å². The summed E-state index contributed by atoms with van der Waals surface area (Å²) in [6.45, 7) is 5.34. The molecule has 2 fully saturated rings. The van der Waals surface area contributed by atoms with Gasteiger partial charge >= 0.3 is 0 Å². The minimum atomic E-state index is -0.266. The number of amides is 1. The lowest BCUT2D eigenvalue weighted by molar-refractivity contribution is -0.141. The van der Waals surface area contributed by atoms with Crippen LogP contribution in [0.3, 0.4) is 0 Å². The first-order chi connectivity index (χ1) is 12.7. The highest BCUT2D eigenvalue weighted by molar-refractivity contribution is 5.84. The molecule has 2 aromatic rings. The maximum atomic E-state index is 12.5. The zero-order chi connectivity index (χ0) is 18.1. The third kappa shape index (κ3) is 3.11. The summed E-state index contributed by atoms with van der Waals surface area (Å²) in [5.74, 6) is 0.817. The number of fused-ring (bicyclic) bond motifs is 1. The first-order valence-electron chi connectivity index (χ1n) is 9.12. The summed E-state index contributed by atoms with van der Waals surface area (Å²) in [6, 6.07) is 10.3. The van der Waals surface area contributed by atoms with Gasteiger partial charge in [0.05, 0.1) is 11.1 Å². The molecule has 1 amide bonds. The monoisotopic (exact) mass is 350 g/mol. The number of piperazine rings is 1. The van der Waals surface area contributed by atoms with E-state index in [2.05, 4.69) is 11.0 Å². The Morgan fingerprint density at radius 3 is 2.77 bits per heavy atom. The van der Waals surface area contributed by atoms with Crippen LogP contribution < -0.4 is 4.90 Å². The van der Waals surface area contributed by atoms with Crippen LogP contribution in [0.5, 0.6) is 0 Å². The topological polar surface area (TPSA) is 69.5 Å². The van der Waals surface area contributed by atoms with Crippen LogP contribution in [0.2, 0.25) is 0 Å². The Balaban J connectivity index is 1.53. The maximum absolute atomic E-state index is 12.5. The second-order valence-corrected chi connectivity index (χ2v) is 6.98. The van der Waals surface area contributed by atoms with Gasteiger partial charge in [-0.1, -0.05) is 11.6 Å². The van der Waals surface area contributed by atoms with E-state index in [1.54, 1.807) is 0 Å². The van der Waals surface area contributed by atoms with E-state index < -0.39 is 0 Å². The molecule has 0 radical (unpaired) electrons. The quantitative estimate of drug-likeness (QED) is 0.831. The second kappa shape index (κ2) is 6.93. The fraction of sp³-hybridized carbons (Fsp3) is 0.450. The van der Waals surface area contributed by atoms with E-state index in [4.69, 9.17) is 9.72 Å². The number of carbonyl (C=O) groups excluding carboxylic acids is 1. The number of benzene rings is 1. The normalized spacial score (nSPS) is 20.4. The van der Waals surface area contributed by atoms with Crippen molar-refractivity contribution in [1.82, 2.24) is 9.88 Å². The lowest BCUT2D eigenvalue weighted by atomic mass is 10.1. The largest absolute Gasteiger partial charge is 0.368 e. The number of aryl methyl sites for hydroxylation is 1. The van der Waals surface area contributed by atoms with Crippen molar-refractivity contribution in [2.75, 3.05) is 37.7 Å². The molecule has 134 valence electrons. The van der Waals surface area contributed by atoms with Gasteiger partial charge in [-0.05, 0) is 38.0 Å². The van der Waals surface area contributed by atoms with Gasteiger partial charge < -0.3 is 14.5 Å². The molecule has 2 aliphatic heterocycles. The van der Waals surface area contributed by atoms with Crippen LogP contribution in [0.1, 0.15) is 24.0 Å². The summed E-state index contributed by atoms with van der Waals surface area (Å²) in [6.07, 6.45) is 1.52. The van der Waals surface area contributed by atoms with Crippen LogP contribution in [0, 0.1) is 18.3 Å². The summed E-state index contributed by atoms with van der Waals surface area (Å²) in [5, 5.41) is 10.5. The highest BCUT2D eigenvalue weighted by atomic mass is 16.5. The standard InChI is InChI=1S/C20H22N4O2/c1-14-4-5-17-15(11-14)12-16(13-21)19(22-17)23-6-8-24(9-7-23)20(25)18-3-2-10-26-18/h4-5,11-12,18H,2-3,6-10H2,1H3. The molecule has 2 aliphatic rings. The number of pyridine rings is 1. The molecule has 1 atom stereocenters. The summed E-state index contributed by atoms with van der Waals surface area (Å²) in [7, 11) is 0. The summed E-state index contributed by atoms with van der Waals surface area (Å²) < 4.78 is 5.51. The number of ether oxygens (including phenoxy) is 1. The second-order valence-electron chi connectivity index (χ2n) is 6.98. The van der Waals surface area contributed by atoms with Gasteiger partial charge in [0.25, 0.3) is 5.91 Å². The predicted octanol–water partition coefficient (Wildman–Crippen LogP) is 2.24. The van der Waals surface area contributed by atoms with Crippen molar-refractivity contribution in [3.8, 4) is 6.07 Å². The van der Waals surface area contributed by atoms with Crippen LogP contribution in [0.15, 0.2) is 24.3 Å². The third-order valence-corrected chi connectivity index (χ3v) is 5.17. The van der Waals surface area contributed by atoms with Crippen LogP contribution in [0.4, 0.5) is 5.82 Å². The van der Waals surface area contributed by atoms with Crippen molar-refractivity contribution in [3.63, 3.8) is 0 Å². The lowest BCUT2D eigenvalue weighted by Crippen LogP contribution is -2.51. The van der Waals surface area contributed by atoms with Gasteiger partial charge in [0.2, 0.25) is 0 Å². The predicted molar refractivity (Wildman–Crippen MR) is 99.0 cm³/mol. The van der Waals surface area contributed by atoms with Gasteiger partial charge in [0.15, 0.2) is 0 Å². The van der Waals surface area contributed by atoms with E-state index in [-0.39, 0.29) is 12.0 Å². The molecule has 0 aliphatic carbocycles. The molecule has 1 unspecified atom stereocenters. The number of aromatic nitrogens is 1. The Hall–Kier alpha value is -2.65. The average molecular weight is 350 g/mol. The van der Waals surface area contributed by atoms with E-state index in [1.807, 2.05) is 36.1 Å². The van der Waals surface area contributed by atoms with Crippen molar-refractivity contribution in [2.45, 2.75) is 25.9 Å². The lowest BCUT2D eigenvalue weighted by Gasteiger charge is -2.36. The molecule has 0 bridgehead atoms.